The molecule has 304 valence electrons. The minimum Gasteiger partial charge on any atom is -0.463 e. The van der Waals surface area contributed by atoms with E-state index in [0.29, 0.717) is 13.0 Å². The normalized spacial score (nSPS) is 12.8. The van der Waals surface area contributed by atoms with Crippen LogP contribution in [0.4, 0.5) is 0 Å². The van der Waals surface area contributed by atoms with Crippen molar-refractivity contribution in [3.63, 3.8) is 0 Å². The van der Waals surface area contributed by atoms with Crippen molar-refractivity contribution < 1.29 is 19.1 Å². The molecule has 5 nitrogen and oxygen atoms in total. The zero-order valence-corrected chi connectivity index (χ0v) is 35.4. The summed E-state index contributed by atoms with van der Waals surface area (Å²) in [6.45, 7) is 8.12. The maximum absolute atomic E-state index is 12.6. The Bertz CT molecular complexity index is 877. The molecule has 5 heteroatoms. The number of carbonyl (C=O) groups is 2. The zero-order chi connectivity index (χ0) is 38.2. The van der Waals surface area contributed by atoms with E-state index in [4.69, 9.17) is 9.47 Å². The molecule has 0 aliphatic carbocycles. The molecule has 0 bridgehead atoms. The molecule has 0 aliphatic rings. The van der Waals surface area contributed by atoms with Gasteiger partial charge in [-0.1, -0.05) is 153 Å². The van der Waals surface area contributed by atoms with E-state index >= 15 is 0 Å². The van der Waals surface area contributed by atoms with E-state index < -0.39 is 0 Å². The van der Waals surface area contributed by atoms with E-state index in [1.54, 1.807) is 6.08 Å². The Labute approximate surface area is 324 Å². The molecule has 0 fully saturated rings. The minimum atomic E-state index is -0.156. The Hall–Kier alpha value is -1.88. The van der Waals surface area contributed by atoms with Crippen molar-refractivity contribution in [2.75, 3.05) is 27.2 Å². The van der Waals surface area contributed by atoms with Crippen LogP contribution in [0, 0.1) is 0 Å². The third-order valence-corrected chi connectivity index (χ3v) is 9.92. The van der Waals surface area contributed by atoms with E-state index in [9.17, 15) is 9.59 Å². The molecule has 52 heavy (non-hydrogen) atoms. The van der Waals surface area contributed by atoms with Crippen molar-refractivity contribution in [3.8, 4) is 0 Å². The SMILES string of the molecule is CCCCC/C=C\C/C=C\CCCCCCCCC(CCCCCCCCOC(=O)/C=C(\CCC)CCCCCCCC)OC(=O)CCCN(C)C. The van der Waals surface area contributed by atoms with Crippen molar-refractivity contribution in [1.29, 1.82) is 0 Å². The molecule has 1 unspecified atom stereocenters. The lowest BCUT2D eigenvalue weighted by Crippen LogP contribution is -2.20. The molecule has 0 saturated carbocycles. The molecule has 0 N–H and O–H groups in total. The number of esters is 2. The molecular weight excluding hydrogens is 643 g/mol. The molecule has 0 amide bonds. The lowest BCUT2D eigenvalue weighted by molar-refractivity contribution is -0.150. The number of carbonyl (C=O) groups excluding carboxylic acids is 2. The lowest BCUT2D eigenvalue weighted by Gasteiger charge is -2.18. The average molecular weight is 730 g/mol. The Morgan fingerprint density at radius 3 is 1.65 bits per heavy atom. The number of allylic oxidation sites excluding steroid dienone is 5. The van der Waals surface area contributed by atoms with Gasteiger partial charge in [-0.25, -0.2) is 4.79 Å². The Balaban J connectivity index is 4.20. The highest BCUT2D eigenvalue weighted by atomic mass is 16.5. The summed E-state index contributed by atoms with van der Waals surface area (Å²) in [5.74, 6) is -0.183. The van der Waals surface area contributed by atoms with E-state index in [2.05, 4.69) is 50.0 Å². The third-order valence-electron chi connectivity index (χ3n) is 9.92. The molecular formula is C47H87NO4. The van der Waals surface area contributed by atoms with Crippen LogP contribution in [-0.4, -0.2) is 50.2 Å². The molecule has 1 atom stereocenters. The standard InChI is InChI=1S/C47H87NO4/c1-6-9-11-13-15-16-17-18-19-20-21-22-23-24-28-32-38-45(52-46(49)40-35-41-48(4)5)39-33-29-25-26-30-34-42-51-47(50)43-44(36-8-3)37-31-27-14-12-10-7-2/h15-16,18-19,43,45H,6-14,17,20-42H2,1-5H3/b16-15-,19-18-,44-43+. The van der Waals surface area contributed by atoms with Crippen LogP contribution >= 0.6 is 0 Å². The third kappa shape index (κ3) is 37.9. The van der Waals surface area contributed by atoms with Gasteiger partial charge in [0.15, 0.2) is 0 Å². The van der Waals surface area contributed by atoms with Crippen LogP contribution in [-0.2, 0) is 19.1 Å². The molecule has 0 saturated heterocycles. The van der Waals surface area contributed by atoms with E-state index in [1.165, 1.54) is 121 Å². The second-order valence-electron chi connectivity index (χ2n) is 15.5. The van der Waals surface area contributed by atoms with Crippen molar-refractivity contribution in [2.24, 2.45) is 0 Å². The van der Waals surface area contributed by atoms with Crippen LogP contribution in [0.5, 0.6) is 0 Å². The van der Waals surface area contributed by atoms with Crippen LogP contribution < -0.4 is 0 Å². The topological polar surface area (TPSA) is 55.8 Å². The summed E-state index contributed by atoms with van der Waals surface area (Å²) < 4.78 is 11.6. The Kier molecular flexibility index (Phi) is 38.9. The summed E-state index contributed by atoms with van der Waals surface area (Å²) in [6.07, 6.45) is 46.9. The Morgan fingerprint density at radius 2 is 1.06 bits per heavy atom. The number of rotatable bonds is 39. The highest BCUT2D eigenvalue weighted by Crippen LogP contribution is 2.19. The van der Waals surface area contributed by atoms with Crippen LogP contribution in [0.25, 0.3) is 0 Å². The monoisotopic (exact) mass is 730 g/mol. The van der Waals surface area contributed by atoms with Gasteiger partial charge >= 0.3 is 11.9 Å². The summed E-state index contributed by atoms with van der Waals surface area (Å²) in [6, 6.07) is 0. The molecule has 0 aromatic carbocycles. The van der Waals surface area contributed by atoms with Crippen LogP contribution in [0.1, 0.15) is 220 Å². The van der Waals surface area contributed by atoms with E-state index in [1.807, 2.05) is 14.1 Å². The smallest absolute Gasteiger partial charge is 0.330 e. The maximum atomic E-state index is 12.6. The van der Waals surface area contributed by atoms with Gasteiger partial charge in [0, 0.05) is 12.5 Å². The Morgan fingerprint density at radius 1 is 0.538 bits per heavy atom. The molecule has 0 heterocycles. The first kappa shape index (κ1) is 50.1. The first-order chi connectivity index (χ1) is 25.4. The molecule has 0 spiro atoms. The van der Waals surface area contributed by atoms with Gasteiger partial charge < -0.3 is 14.4 Å². The largest absolute Gasteiger partial charge is 0.463 e. The van der Waals surface area contributed by atoms with Gasteiger partial charge in [-0.2, -0.15) is 0 Å². The fourth-order valence-corrected chi connectivity index (χ4v) is 6.69. The number of unbranched alkanes of at least 4 members (excludes halogenated alkanes) is 19. The van der Waals surface area contributed by atoms with Gasteiger partial charge in [0.2, 0.25) is 0 Å². The van der Waals surface area contributed by atoms with Gasteiger partial charge in [-0.05, 0) is 111 Å². The summed E-state index contributed by atoms with van der Waals surface area (Å²) in [4.78, 5) is 27.1. The van der Waals surface area contributed by atoms with Crippen molar-refractivity contribution in [1.82, 2.24) is 4.90 Å². The summed E-state index contributed by atoms with van der Waals surface area (Å²) in [7, 11) is 4.09. The minimum absolute atomic E-state index is 0.0273. The fourth-order valence-electron chi connectivity index (χ4n) is 6.69. The van der Waals surface area contributed by atoms with E-state index in [0.717, 1.165) is 83.6 Å². The van der Waals surface area contributed by atoms with Gasteiger partial charge in [0.25, 0.3) is 0 Å². The fraction of sp³-hybridized carbons (Fsp3) is 0.830. The second-order valence-corrected chi connectivity index (χ2v) is 15.5. The van der Waals surface area contributed by atoms with Crippen LogP contribution in [0.15, 0.2) is 36.0 Å². The number of hydrogen-bond donors (Lipinski definition) is 0. The maximum Gasteiger partial charge on any atom is 0.330 e. The van der Waals surface area contributed by atoms with Gasteiger partial charge in [0.1, 0.15) is 6.10 Å². The quantitative estimate of drug-likeness (QED) is 0.0273. The molecule has 0 aliphatic heterocycles. The van der Waals surface area contributed by atoms with Gasteiger partial charge in [-0.15, -0.1) is 0 Å². The van der Waals surface area contributed by atoms with Crippen molar-refractivity contribution >= 4 is 11.9 Å². The summed E-state index contributed by atoms with van der Waals surface area (Å²) >= 11 is 0. The van der Waals surface area contributed by atoms with Gasteiger partial charge in [-0.3, -0.25) is 4.79 Å². The molecule has 0 aromatic rings. The highest BCUT2D eigenvalue weighted by Gasteiger charge is 2.14. The molecule has 0 rings (SSSR count). The second kappa shape index (κ2) is 40.3. The van der Waals surface area contributed by atoms with Crippen LogP contribution in [0.2, 0.25) is 0 Å². The summed E-state index contributed by atoms with van der Waals surface area (Å²) in [5.41, 5.74) is 1.26. The lowest BCUT2D eigenvalue weighted by atomic mass is 10.0. The van der Waals surface area contributed by atoms with Crippen LogP contribution in [0.3, 0.4) is 0 Å². The summed E-state index contributed by atoms with van der Waals surface area (Å²) in [5, 5.41) is 0. The molecule has 0 aromatic heterocycles. The number of ether oxygens (including phenoxy) is 2. The van der Waals surface area contributed by atoms with Gasteiger partial charge in [0.05, 0.1) is 6.61 Å². The first-order valence-corrected chi connectivity index (χ1v) is 22.4. The number of nitrogens with zero attached hydrogens (tertiary/aromatic N) is 1. The number of hydrogen-bond acceptors (Lipinski definition) is 5. The predicted octanol–water partition coefficient (Wildman–Crippen LogP) is 14.2. The predicted molar refractivity (Wildman–Crippen MR) is 226 cm³/mol. The molecule has 0 radical (unpaired) electrons. The average Bonchev–Trinajstić information content (AvgIpc) is 3.11. The van der Waals surface area contributed by atoms with Crippen molar-refractivity contribution in [3.05, 3.63) is 36.0 Å². The zero-order valence-electron chi connectivity index (χ0n) is 35.4. The van der Waals surface area contributed by atoms with E-state index in [-0.39, 0.29) is 18.0 Å². The first-order valence-electron chi connectivity index (χ1n) is 22.4. The highest BCUT2D eigenvalue weighted by molar-refractivity contribution is 5.82. The van der Waals surface area contributed by atoms with Crippen molar-refractivity contribution in [2.45, 2.75) is 226 Å².